The van der Waals surface area contributed by atoms with Crippen molar-refractivity contribution in [3.05, 3.63) is 106 Å². The molecule has 1 fully saturated rings. The molecule has 1 aliphatic heterocycles. The van der Waals surface area contributed by atoms with Gasteiger partial charge in [0.05, 0.1) is 11.6 Å². The Kier molecular flexibility index (Phi) is 6.14. The highest BCUT2D eigenvalue weighted by Crippen LogP contribution is 2.40. The number of hydrogen-bond donors (Lipinski definition) is 1. The SMILES string of the molecule is Cc1ccc(/C(O)=C2/C(=O)C(=O)N(Cc3ccncc3)C2c2ccc(C(C)C)cc2)cc1C. The second kappa shape index (κ2) is 9.02. The minimum atomic E-state index is -0.680. The normalized spacial score (nSPS) is 17.7. The first kappa shape index (κ1) is 22.5. The largest absolute Gasteiger partial charge is 0.507 e. The predicted octanol–water partition coefficient (Wildman–Crippen LogP) is 5.44. The number of likely N-dealkylation sites (tertiary alicyclic amines) is 1. The summed E-state index contributed by atoms with van der Waals surface area (Å²) in [6, 6.07) is 16.4. The quantitative estimate of drug-likeness (QED) is 0.326. The van der Waals surface area contributed by atoms with Gasteiger partial charge in [-0.25, -0.2) is 0 Å². The topological polar surface area (TPSA) is 70.5 Å². The summed E-state index contributed by atoms with van der Waals surface area (Å²) in [7, 11) is 0. The van der Waals surface area contributed by atoms with Gasteiger partial charge in [-0.3, -0.25) is 14.6 Å². The fraction of sp³-hybridized carbons (Fsp3) is 0.250. The molecule has 4 rings (SSSR count). The molecule has 5 nitrogen and oxygen atoms in total. The van der Waals surface area contributed by atoms with Gasteiger partial charge in [0, 0.05) is 24.5 Å². The van der Waals surface area contributed by atoms with Crippen molar-refractivity contribution in [1.82, 2.24) is 9.88 Å². The smallest absolute Gasteiger partial charge is 0.295 e. The number of Topliss-reactive ketones (excluding diaryl/α,β-unsaturated/α-hetero) is 1. The molecule has 33 heavy (non-hydrogen) atoms. The first-order chi connectivity index (χ1) is 15.8. The van der Waals surface area contributed by atoms with Crippen LogP contribution >= 0.6 is 0 Å². The van der Waals surface area contributed by atoms with Crippen LogP contribution in [0.1, 0.15) is 59.2 Å². The van der Waals surface area contributed by atoms with E-state index in [1.165, 1.54) is 10.5 Å². The Balaban J connectivity index is 1.86. The number of ketones is 1. The number of hydrogen-bond acceptors (Lipinski definition) is 4. The van der Waals surface area contributed by atoms with Gasteiger partial charge in [0.25, 0.3) is 11.7 Å². The molecule has 1 unspecified atom stereocenters. The Labute approximate surface area is 194 Å². The number of aliphatic hydroxyl groups is 1. The fourth-order valence-corrected chi connectivity index (χ4v) is 4.18. The van der Waals surface area contributed by atoms with Gasteiger partial charge in [-0.05, 0) is 65.8 Å². The van der Waals surface area contributed by atoms with E-state index in [0.717, 1.165) is 22.3 Å². The summed E-state index contributed by atoms with van der Waals surface area (Å²) in [5.74, 6) is -1.07. The van der Waals surface area contributed by atoms with Crippen LogP contribution in [0.15, 0.2) is 72.6 Å². The van der Waals surface area contributed by atoms with E-state index in [1.54, 1.807) is 18.5 Å². The number of carbonyl (C=O) groups excluding carboxylic acids is 2. The van der Waals surface area contributed by atoms with Crippen LogP contribution in [0.4, 0.5) is 0 Å². The number of amides is 1. The Morgan fingerprint density at radius 2 is 1.64 bits per heavy atom. The molecule has 0 bridgehead atoms. The number of carbonyl (C=O) groups is 2. The fourth-order valence-electron chi connectivity index (χ4n) is 4.18. The van der Waals surface area contributed by atoms with Crippen molar-refractivity contribution in [2.75, 3.05) is 0 Å². The van der Waals surface area contributed by atoms with E-state index in [4.69, 9.17) is 0 Å². The zero-order valence-electron chi connectivity index (χ0n) is 19.4. The summed E-state index contributed by atoms with van der Waals surface area (Å²) in [4.78, 5) is 31.9. The third-order valence-corrected chi connectivity index (χ3v) is 6.34. The second-order valence-corrected chi connectivity index (χ2v) is 8.90. The monoisotopic (exact) mass is 440 g/mol. The van der Waals surface area contributed by atoms with Crippen LogP contribution in [0.2, 0.25) is 0 Å². The minimum absolute atomic E-state index is 0.120. The first-order valence-electron chi connectivity index (χ1n) is 11.1. The molecule has 1 atom stereocenters. The third-order valence-electron chi connectivity index (χ3n) is 6.34. The predicted molar refractivity (Wildman–Crippen MR) is 129 cm³/mol. The van der Waals surface area contributed by atoms with Crippen LogP contribution < -0.4 is 0 Å². The van der Waals surface area contributed by atoms with Gasteiger partial charge in [0.2, 0.25) is 0 Å². The molecule has 1 N–H and O–H groups in total. The summed E-state index contributed by atoms with van der Waals surface area (Å²) < 4.78 is 0. The summed E-state index contributed by atoms with van der Waals surface area (Å²) in [6.45, 7) is 8.42. The van der Waals surface area contributed by atoms with Crippen molar-refractivity contribution in [1.29, 1.82) is 0 Å². The van der Waals surface area contributed by atoms with E-state index in [2.05, 4.69) is 18.8 Å². The number of pyridine rings is 1. The van der Waals surface area contributed by atoms with E-state index in [1.807, 2.05) is 62.4 Å². The van der Waals surface area contributed by atoms with Crippen molar-refractivity contribution >= 4 is 17.4 Å². The summed E-state index contributed by atoms with van der Waals surface area (Å²) in [5, 5.41) is 11.3. The molecule has 3 aromatic rings. The molecule has 1 amide bonds. The molecule has 1 aliphatic rings. The molecular weight excluding hydrogens is 412 g/mol. The molecular formula is C28H28N2O3. The molecule has 2 aromatic carbocycles. The lowest BCUT2D eigenvalue weighted by molar-refractivity contribution is -0.140. The van der Waals surface area contributed by atoms with E-state index < -0.39 is 17.7 Å². The number of rotatable bonds is 5. The molecule has 0 saturated carbocycles. The first-order valence-corrected chi connectivity index (χ1v) is 11.1. The van der Waals surface area contributed by atoms with Crippen LogP contribution in [0.3, 0.4) is 0 Å². The Bertz CT molecular complexity index is 1230. The molecule has 0 spiro atoms. The van der Waals surface area contributed by atoms with E-state index in [9.17, 15) is 14.7 Å². The highest BCUT2D eigenvalue weighted by atomic mass is 16.3. The second-order valence-electron chi connectivity index (χ2n) is 8.90. The highest BCUT2D eigenvalue weighted by molar-refractivity contribution is 6.46. The molecule has 5 heteroatoms. The van der Waals surface area contributed by atoms with Gasteiger partial charge in [-0.1, -0.05) is 50.2 Å². The number of benzene rings is 2. The van der Waals surface area contributed by atoms with Gasteiger partial charge in [-0.15, -0.1) is 0 Å². The number of aliphatic hydroxyl groups excluding tert-OH is 1. The van der Waals surface area contributed by atoms with Crippen molar-refractivity contribution < 1.29 is 14.7 Å². The third kappa shape index (κ3) is 4.31. The average Bonchev–Trinajstić information content (AvgIpc) is 3.06. The van der Waals surface area contributed by atoms with Gasteiger partial charge in [0.15, 0.2) is 0 Å². The van der Waals surface area contributed by atoms with Gasteiger partial charge < -0.3 is 10.0 Å². The van der Waals surface area contributed by atoms with Gasteiger partial charge in [0.1, 0.15) is 5.76 Å². The van der Waals surface area contributed by atoms with E-state index in [-0.39, 0.29) is 17.9 Å². The zero-order chi connectivity index (χ0) is 23.7. The zero-order valence-corrected chi connectivity index (χ0v) is 19.4. The van der Waals surface area contributed by atoms with Crippen LogP contribution in [0.5, 0.6) is 0 Å². The maximum atomic E-state index is 13.2. The minimum Gasteiger partial charge on any atom is -0.507 e. The molecule has 168 valence electrons. The lowest BCUT2D eigenvalue weighted by atomic mass is 9.92. The highest BCUT2D eigenvalue weighted by Gasteiger charge is 2.46. The summed E-state index contributed by atoms with van der Waals surface area (Å²) in [5.41, 5.74) is 5.56. The van der Waals surface area contributed by atoms with E-state index in [0.29, 0.717) is 11.5 Å². The lowest BCUT2D eigenvalue weighted by Crippen LogP contribution is -2.29. The van der Waals surface area contributed by atoms with Crippen LogP contribution in [0, 0.1) is 13.8 Å². The van der Waals surface area contributed by atoms with Crippen molar-refractivity contribution in [2.45, 2.75) is 46.2 Å². The summed E-state index contributed by atoms with van der Waals surface area (Å²) >= 11 is 0. The van der Waals surface area contributed by atoms with Crippen molar-refractivity contribution in [3.8, 4) is 0 Å². The number of aromatic nitrogens is 1. The maximum absolute atomic E-state index is 13.2. The average molecular weight is 441 g/mol. The van der Waals surface area contributed by atoms with Crippen LogP contribution in [0.25, 0.3) is 5.76 Å². The van der Waals surface area contributed by atoms with Gasteiger partial charge >= 0.3 is 0 Å². The standard InChI is InChI=1S/C28H28N2O3/c1-17(2)21-7-9-22(10-8-21)25-24(26(31)23-6-5-18(3)19(4)15-23)27(32)28(33)30(25)16-20-11-13-29-14-12-20/h5-15,17,25,31H,16H2,1-4H3/b26-24-. The molecule has 2 heterocycles. The number of nitrogens with zero attached hydrogens (tertiary/aromatic N) is 2. The molecule has 0 aliphatic carbocycles. The molecule has 0 radical (unpaired) electrons. The lowest BCUT2D eigenvalue weighted by Gasteiger charge is -2.26. The number of aryl methyl sites for hydroxylation is 2. The molecule has 1 aromatic heterocycles. The van der Waals surface area contributed by atoms with Gasteiger partial charge in [-0.2, -0.15) is 0 Å². The van der Waals surface area contributed by atoms with Crippen LogP contribution in [-0.2, 0) is 16.1 Å². The Morgan fingerprint density at radius 1 is 0.970 bits per heavy atom. The van der Waals surface area contributed by atoms with Crippen LogP contribution in [-0.4, -0.2) is 26.7 Å². The van der Waals surface area contributed by atoms with Crippen molar-refractivity contribution in [2.24, 2.45) is 0 Å². The Hall–Kier alpha value is -3.73. The van der Waals surface area contributed by atoms with Crippen molar-refractivity contribution in [3.63, 3.8) is 0 Å². The maximum Gasteiger partial charge on any atom is 0.295 e. The Morgan fingerprint density at radius 3 is 2.24 bits per heavy atom. The molecule has 1 saturated heterocycles. The van der Waals surface area contributed by atoms with E-state index >= 15 is 0 Å². The summed E-state index contributed by atoms with van der Waals surface area (Å²) in [6.07, 6.45) is 3.32.